The first kappa shape index (κ1) is 18.8. The van der Waals surface area contributed by atoms with Crippen molar-refractivity contribution in [3.63, 3.8) is 0 Å². The summed E-state index contributed by atoms with van der Waals surface area (Å²) in [7, 11) is 0. The molecule has 3 rings (SSSR count). The van der Waals surface area contributed by atoms with E-state index >= 15 is 0 Å². The first-order valence-corrected chi connectivity index (χ1v) is 9.18. The molecule has 0 fully saturated rings. The zero-order valence-electron chi connectivity index (χ0n) is 16.2. The highest BCUT2D eigenvalue weighted by molar-refractivity contribution is 5.97. The lowest BCUT2D eigenvalue weighted by Gasteiger charge is -2.12. The van der Waals surface area contributed by atoms with Crippen molar-refractivity contribution in [2.75, 3.05) is 13.2 Å². The third-order valence-corrected chi connectivity index (χ3v) is 4.64. The van der Waals surface area contributed by atoms with E-state index < -0.39 is 5.97 Å². The second-order valence-corrected chi connectivity index (χ2v) is 6.53. The number of H-pyrrole nitrogens is 1. The Balaban J connectivity index is 2.24. The lowest BCUT2D eigenvalue weighted by molar-refractivity contribution is -0.136. The highest BCUT2D eigenvalue weighted by Crippen LogP contribution is 2.38. The summed E-state index contributed by atoms with van der Waals surface area (Å²) in [5.74, 6) is 0.491. The summed E-state index contributed by atoms with van der Waals surface area (Å²) >= 11 is 0. The number of aromatic amines is 1. The minimum absolute atomic E-state index is 0.0448. The number of aromatic nitrogens is 1. The number of carbonyl (C=O) groups is 1. The summed E-state index contributed by atoms with van der Waals surface area (Å²) in [6.07, 6.45) is -0.0448. The molecule has 5 nitrogen and oxygen atoms in total. The number of hydrogen-bond donors (Lipinski definition) is 2. The quantitative estimate of drug-likeness (QED) is 0.624. The zero-order valence-corrected chi connectivity index (χ0v) is 16.2. The van der Waals surface area contributed by atoms with Gasteiger partial charge in [0.2, 0.25) is 0 Å². The average Bonchev–Trinajstić information content (AvgIpc) is 3.00. The molecule has 0 amide bonds. The van der Waals surface area contributed by atoms with Crippen LogP contribution in [-0.4, -0.2) is 29.3 Å². The van der Waals surface area contributed by atoms with Gasteiger partial charge < -0.3 is 19.6 Å². The second-order valence-electron chi connectivity index (χ2n) is 6.53. The van der Waals surface area contributed by atoms with Gasteiger partial charge in [-0.1, -0.05) is 12.1 Å². The minimum Gasteiger partial charge on any atom is -0.490 e. The molecule has 0 saturated carbocycles. The summed E-state index contributed by atoms with van der Waals surface area (Å²) in [5.41, 5.74) is 5.62. The number of carboxylic acids is 1. The van der Waals surface area contributed by atoms with Crippen LogP contribution < -0.4 is 9.47 Å². The van der Waals surface area contributed by atoms with Gasteiger partial charge in [0.25, 0.3) is 0 Å². The molecule has 0 atom stereocenters. The number of benzene rings is 2. The van der Waals surface area contributed by atoms with E-state index in [2.05, 4.69) is 4.98 Å². The maximum absolute atomic E-state index is 11.5. The van der Waals surface area contributed by atoms with Gasteiger partial charge in [-0.05, 0) is 62.6 Å². The molecule has 0 radical (unpaired) electrons. The van der Waals surface area contributed by atoms with E-state index in [1.165, 1.54) is 0 Å². The second kappa shape index (κ2) is 7.74. The van der Waals surface area contributed by atoms with Crippen LogP contribution in [0.15, 0.2) is 30.3 Å². The Morgan fingerprint density at radius 3 is 2.33 bits per heavy atom. The molecule has 1 heterocycles. The Morgan fingerprint density at radius 1 is 1.00 bits per heavy atom. The number of aliphatic carboxylic acids is 1. The van der Waals surface area contributed by atoms with Crippen molar-refractivity contribution in [2.24, 2.45) is 0 Å². The summed E-state index contributed by atoms with van der Waals surface area (Å²) < 4.78 is 11.4. The Bertz CT molecular complexity index is 988. The molecule has 0 aliphatic heterocycles. The maximum atomic E-state index is 11.5. The van der Waals surface area contributed by atoms with Crippen LogP contribution in [0, 0.1) is 13.8 Å². The van der Waals surface area contributed by atoms with E-state index in [1.54, 1.807) is 0 Å². The molecule has 142 valence electrons. The van der Waals surface area contributed by atoms with Crippen LogP contribution in [0.1, 0.15) is 30.5 Å². The number of rotatable bonds is 7. The van der Waals surface area contributed by atoms with Crippen molar-refractivity contribution in [1.29, 1.82) is 0 Å². The minimum atomic E-state index is -0.853. The SMILES string of the molecule is CCOc1ccc(-c2[nH]c3c(C)ccc(C)c3c2CC(=O)O)cc1OCC. The molecule has 0 aliphatic carbocycles. The zero-order chi connectivity index (χ0) is 19.6. The van der Waals surface area contributed by atoms with Crippen LogP contribution >= 0.6 is 0 Å². The normalized spacial score (nSPS) is 11.0. The lowest BCUT2D eigenvalue weighted by Crippen LogP contribution is -2.02. The van der Waals surface area contributed by atoms with Crippen molar-refractivity contribution < 1.29 is 19.4 Å². The molecule has 3 aromatic rings. The smallest absolute Gasteiger partial charge is 0.307 e. The van der Waals surface area contributed by atoms with E-state index in [0.29, 0.717) is 24.7 Å². The van der Waals surface area contributed by atoms with E-state index in [0.717, 1.165) is 38.9 Å². The molecule has 5 heteroatoms. The average molecular weight is 367 g/mol. The predicted molar refractivity (Wildman–Crippen MR) is 107 cm³/mol. The third kappa shape index (κ3) is 3.63. The molecule has 0 saturated heterocycles. The topological polar surface area (TPSA) is 71.6 Å². The summed E-state index contributed by atoms with van der Waals surface area (Å²) in [5, 5.41) is 10.5. The van der Waals surface area contributed by atoms with Gasteiger partial charge in [0.1, 0.15) is 0 Å². The van der Waals surface area contributed by atoms with Gasteiger partial charge >= 0.3 is 5.97 Å². The molecule has 0 unspecified atom stereocenters. The van der Waals surface area contributed by atoms with Crippen molar-refractivity contribution in [1.82, 2.24) is 4.98 Å². The van der Waals surface area contributed by atoms with Gasteiger partial charge in [0, 0.05) is 16.5 Å². The molecule has 1 aromatic heterocycles. The molecule has 0 aliphatic rings. The fourth-order valence-electron chi connectivity index (χ4n) is 3.47. The van der Waals surface area contributed by atoms with E-state index in [-0.39, 0.29) is 6.42 Å². The molecule has 2 aromatic carbocycles. The van der Waals surface area contributed by atoms with E-state index in [4.69, 9.17) is 9.47 Å². The fourth-order valence-corrected chi connectivity index (χ4v) is 3.47. The Morgan fingerprint density at radius 2 is 1.67 bits per heavy atom. The number of carboxylic acid groups (broad SMARTS) is 1. The lowest BCUT2D eigenvalue weighted by atomic mass is 9.98. The molecule has 0 spiro atoms. The number of aryl methyl sites for hydroxylation is 2. The van der Waals surface area contributed by atoms with Gasteiger partial charge in [-0.25, -0.2) is 0 Å². The largest absolute Gasteiger partial charge is 0.490 e. The molecule has 0 bridgehead atoms. The standard InChI is InChI=1S/C22H25NO4/c1-5-26-17-10-9-15(11-18(17)27-6-2)22-16(12-19(24)25)20-13(3)7-8-14(4)21(20)23-22/h7-11,23H,5-6,12H2,1-4H3,(H,24,25). The van der Waals surface area contributed by atoms with E-state index in [1.807, 2.05) is 58.0 Å². The predicted octanol–water partition coefficient (Wildman–Crippen LogP) is 4.88. The van der Waals surface area contributed by atoms with Gasteiger partial charge in [-0.3, -0.25) is 4.79 Å². The Hall–Kier alpha value is -2.95. The molecule has 27 heavy (non-hydrogen) atoms. The molecular weight excluding hydrogens is 342 g/mol. The van der Waals surface area contributed by atoms with Crippen LogP contribution in [0.25, 0.3) is 22.2 Å². The van der Waals surface area contributed by atoms with Crippen LogP contribution in [0.4, 0.5) is 0 Å². The number of hydrogen-bond acceptors (Lipinski definition) is 3. The van der Waals surface area contributed by atoms with Gasteiger partial charge in [0.15, 0.2) is 11.5 Å². The highest BCUT2D eigenvalue weighted by Gasteiger charge is 2.19. The summed E-state index contributed by atoms with van der Waals surface area (Å²) in [4.78, 5) is 15.0. The molecule has 2 N–H and O–H groups in total. The summed E-state index contributed by atoms with van der Waals surface area (Å²) in [6.45, 7) is 8.96. The van der Waals surface area contributed by atoms with Crippen LogP contribution in [0.2, 0.25) is 0 Å². The maximum Gasteiger partial charge on any atom is 0.307 e. The first-order chi connectivity index (χ1) is 13.0. The van der Waals surface area contributed by atoms with Crippen molar-refractivity contribution in [2.45, 2.75) is 34.1 Å². The Kier molecular flexibility index (Phi) is 5.40. The fraction of sp³-hybridized carbons (Fsp3) is 0.318. The highest BCUT2D eigenvalue weighted by atomic mass is 16.5. The third-order valence-electron chi connectivity index (χ3n) is 4.64. The van der Waals surface area contributed by atoms with Crippen LogP contribution in [0.5, 0.6) is 11.5 Å². The number of ether oxygens (including phenoxy) is 2. The summed E-state index contributed by atoms with van der Waals surface area (Å²) in [6, 6.07) is 9.81. The van der Waals surface area contributed by atoms with Gasteiger partial charge in [0.05, 0.1) is 25.3 Å². The van der Waals surface area contributed by atoms with Crippen LogP contribution in [-0.2, 0) is 11.2 Å². The number of nitrogens with one attached hydrogen (secondary N) is 1. The van der Waals surface area contributed by atoms with Crippen molar-refractivity contribution >= 4 is 16.9 Å². The molecular formula is C22H25NO4. The van der Waals surface area contributed by atoms with Gasteiger partial charge in [-0.15, -0.1) is 0 Å². The van der Waals surface area contributed by atoms with Crippen molar-refractivity contribution in [3.05, 3.63) is 47.0 Å². The monoisotopic (exact) mass is 367 g/mol. The number of fused-ring (bicyclic) bond motifs is 1. The first-order valence-electron chi connectivity index (χ1n) is 9.18. The van der Waals surface area contributed by atoms with Crippen LogP contribution in [0.3, 0.4) is 0 Å². The van der Waals surface area contributed by atoms with Crippen molar-refractivity contribution in [3.8, 4) is 22.8 Å². The Labute approximate surface area is 158 Å². The van der Waals surface area contributed by atoms with E-state index in [9.17, 15) is 9.90 Å². The van der Waals surface area contributed by atoms with Gasteiger partial charge in [-0.2, -0.15) is 0 Å².